The quantitative estimate of drug-likeness (QED) is 0.166. The molecule has 0 unspecified atom stereocenters. The van der Waals surface area contributed by atoms with E-state index < -0.39 is 0 Å². The van der Waals surface area contributed by atoms with E-state index in [4.69, 9.17) is 31.2 Å². The van der Waals surface area contributed by atoms with Crippen molar-refractivity contribution < 1.29 is 18.9 Å². The van der Waals surface area contributed by atoms with Crippen LogP contribution in [-0.2, 0) is 38.8 Å². The molecule has 0 aromatic heterocycles. The van der Waals surface area contributed by atoms with E-state index in [1.165, 1.54) is 0 Å². The van der Waals surface area contributed by atoms with Gasteiger partial charge < -0.3 is 24.3 Å². The Morgan fingerprint density at radius 2 is 1.25 bits per heavy atom. The summed E-state index contributed by atoms with van der Waals surface area (Å²) in [5.41, 5.74) is 3.33. The van der Waals surface area contributed by atoms with E-state index in [1.54, 1.807) is 0 Å². The molecule has 1 aliphatic rings. The van der Waals surface area contributed by atoms with Gasteiger partial charge >= 0.3 is 0 Å². The fourth-order valence-corrected chi connectivity index (χ4v) is 5.23. The molecule has 1 fully saturated rings. The smallest absolute Gasteiger partial charge is 0.143 e. The minimum atomic E-state index is -0.337. The molecular formula is C29H32INO4S. The second-order valence-electron chi connectivity index (χ2n) is 8.76. The molecule has 0 amide bonds. The summed E-state index contributed by atoms with van der Waals surface area (Å²) in [4.78, 5) is 0.677. The van der Waals surface area contributed by atoms with Gasteiger partial charge in [-0.25, -0.2) is 0 Å². The van der Waals surface area contributed by atoms with Gasteiger partial charge in [0, 0.05) is 0 Å². The molecule has 0 aliphatic carbocycles. The van der Waals surface area contributed by atoms with Gasteiger partial charge in [0.25, 0.3) is 0 Å². The minimum Gasteiger partial charge on any atom is -0.374 e. The summed E-state index contributed by atoms with van der Waals surface area (Å²) < 4.78 is 25.6. The molecule has 36 heavy (non-hydrogen) atoms. The molecule has 4 rings (SSSR count). The second kappa shape index (κ2) is 14.2. The third kappa shape index (κ3) is 8.06. The Balaban J connectivity index is 1.52. The first-order valence-electron chi connectivity index (χ1n) is 12.1. The average molecular weight is 618 g/mol. The highest BCUT2D eigenvalue weighted by atomic mass is 127. The molecule has 7 heteroatoms. The van der Waals surface area contributed by atoms with E-state index in [1.807, 2.05) is 61.5 Å². The van der Waals surface area contributed by atoms with Gasteiger partial charge in [0.2, 0.25) is 0 Å². The molecule has 0 spiro atoms. The fourth-order valence-electron chi connectivity index (χ4n) is 4.14. The Kier molecular flexibility index (Phi) is 10.7. The number of thiocarbonyl (C=S) groups is 1. The molecule has 1 heterocycles. The van der Waals surface area contributed by atoms with Crippen molar-refractivity contribution in [3.8, 4) is 0 Å². The molecule has 0 bridgehead atoms. The van der Waals surface area contributed by atoms with Crippen molar-refractivity contribution in [2.24, 2.45) is 0 Å². The van der Waals surface area contributed by atoms with Crippen molar-refractivity contribution in [1.29, 1.82) is 0 Å². The van der Waals surface area contributed by atoms with Gasteiger partial charge in [-0.1, -0.05) is 126 Å². The SMILES string of the molecule is CC(=S)N[C@H]1O[C@H](COCc2ccccc2)[C@@H](OCc2ccccc2)[C@H](OCc2ccccc2)[C@@H]1I. The highest BCUT2D eigenvalue weighted by Gasteiger charge is 2.46. The summed E-state index contributed by atoms with van der Waals surface area (Å²) in [5.74, 6) is 0. The molecule has 1 aliphatic heterocycles. The van der Waals surface area contributed by atoms with Crippen LogP contribution in [0, 0.1) is 0 Å². The fraction of sp³-hybridized carbons (Fsp3) is 0.345. The Labute approximate surface area is 232 Å². The number of ether oxygens (including phenoxy) is 4. The van der Waals surface area contributed by atoms with Gasteiger partial charge in [0.15, 0.2) is 0 Å². The van der Waals surface area contributed by atoms with Crippen molar-refractivity contribution in [2.75, 3.05) is 6.61 Å². The van der Waals surface area contributed by atoms with Crippen molar-refractivity contribution in [3.05, 3.63) is 108 Å². The van der Waals surface area contributed by atoms with Crippen molar-refractivity contribution >= 4 is 39.8 Å². The molecule has 5 nitrogen and oxygen atoms in total. The maximum Gasteiger partial charge on any atom is 0.143 e. The Bertz CT molecular complexity index is 1060. The predicted octanol–water partition coefficient (Wildman–Crippen LogP) is 5.84. The summed E-state index contributed by atoms with van der Waals surface area (Å²) in [6, 6.07) is 30.5. The molecule has 1 saturated heterocycles. The topological polar surface area (TPSA) is 49.0 Å². The third-order valence-electron chi connectivity index (χ3n) is 5.92. The molecule has 0 saturated carbocycles. The maximum absolute atomic E-state index is 6.54. The van der Waals surface area contributed by atoms with Gasteiger partial charge in [-0.2, -0.15) is 0 Å². The van der Waals surface area contributed by atoms with Crippen LogP contribution in [0.15, 0.2) is 91.0 Å². The van der Waals surface area contributed by atoms with Gasteiger partial charge in [-0.05, 0) is 23.6 Å². The summed E-state index contributed by atoms with van der Waals surface area (Å²) in [7, 11) is 0. The number of hydrogen-bond acceptors (Lipinski definition) is 5. The molecule has 1 N–H and O–H groups in total. The lowest BCUT2D eigenvalue weighted by Gasteiger charge is -2.45. The molecular weight excluding hydrogens is 585 g/mol. The Morgan fingerprint density at radius 3 is 1.75 bits per heavy atom. The molecule has 5 atom stereocenters. The number of alkyl halides is 1. The molecule has 0 radical (unpaired) electrons. The van der Waals surface area contributed by atoms with Crippen molar-refractivity contribution in [2.45, 2.75) is 55.2 Å². The van der Waals surface area contributed by atoms with Crippen LogP contribution in [0.1, 0.15) is 23.6 Å². The van der Waals surface area contributed by atoms with E-state index in [0.717, 1.165) is 16.7 Å². The number of rotatable bonds is 11. The lowest BCUT2D eigenvalue weighted by Crippen LogP contribution is -2.62. The first-order chi connectivity index (χ1) is 17.6. The van der Waals surface area contributed by atoms with Crippen LogP contribution in [0.2, 0.25) is 0 Å². The zero-order chi connectivity index (χ0) is 25.2. The van der Waals surface area contributed by atoms with Crippen LogP contribution in [0.4, 0.5) is 0 Å². The van der Waals surface area contributed by atoms with E-state index in [9.17, 15) is 0 Å². The lowest BCUT2D eigenvalue weighted by molar-refractivity contribution is -0.216. The Hall–Kier alpha value is -1.88. The number of nitrogens with one attached hydrogen (secondary N) is 1. The summed E-state index contributed by atoms with van der Waals surface area (Å²) in [6.45, 7) is 3.68. The summed E-state index contributed by atoms with van der Waals surface area (Å²) >= 11 is 7.74. The van der Waals surface area contributed by atoms with Crippen molar-refractivity contribution in [1.82, 2.24) is 5.32 Å². The van der Waals surface area contributed by atoms with Crippen molar-refractivity contribution in [3.63, 3.8) is 0 Å². The molecule has 190 valence electrons. The third-order valence-corrected chi connectivity index (χ3v) is 7.40. The number of halogens is 1. The van der Waals surface area contributed by atoms with Gasteiger partial charge in [-0.15, -0.1) is 0 Å². The minimum absolute atomic E-state index is 0.0321. The van der Waals surface area contributed by atoms with Gasteiger partial charge in [-0.3, -0.25) is 0 Å². The standard InChI is InChI=1S/C29H32INO4S/c1-21(36)31-29-26(30)28(34-19-24-15-9-4-10-16-24)27(33-18-23-13-7-3-8-14-23)25(35-29)20-32-17-22-11-5-2-6-12-22/h2-16,25-29H,17-20H2,1H3,(H,31,36)/t25-,26+,27-,28-,29+/m1/s1. The van der Waals surface area contributed by atoms with Crippen LogP contribution in [0.3, 0.4) is 0 Å². The monoisotopic (exact) mass is 617 g/mol. The van der Waals surface area contributed by atoms with Gasteiger partial charge in [0.1, 0.15) is 24.5 Å². The Morgan fingerprint density at radius 1 is 0.778 bits per heavy atom. The normalized spacial score (nSPS) is 23.8. The van der Waals surface area contributed by atoms with E-state index in [0.29, 0.717) is 31.4 Å². The zero-order valence-corrected chi connectivity index (χ0v) is 23.3. The van der Waals surface area contributed by atoms with Crippen LogP contribution in [-0.4, -0.2) is 40.1 Å². The van der Waals surface area contributed by atoms with E-state index in [2.05, 4.69) is 64.3 Å². The first-order valence-corrected chi connectivity index (χ1v) is 13.7. The maximum atomic E-state index is 6.54. The number of benzene rings is 3. The predicted molar refractivity (Wildman–Crippen MR) is 154 cm³/mol. The van der Waals surface area contributed by atoms with Crippen LogP contribution in [0.5, 0.6) is 0 Å². The zero-order valence-electron chi connectivity index (χ0n) is 20.3. The van der Waals surface area contributed by atoms with E-state index >= 15 is 0 Å². The summed E-state index contributed by atoms with van der Waals surface area (Å²) in [6.07, 6.45) is -1.21. The first kappa shape index (κ1) is 27.2. The highest BCUT2D eigenvalue weighted by molar-refractivity contribution is 14.1. The number of hydrogen-bond donors (Lipinski definition) is 1. The summed E-state index contributed by atoms with van der Waals surface area (Å²) in [5, 5.41) is 3.30. The molecule has 3 aromatic carbocycles. The molecule has 3 aromatic rings. The van der Waals surface area contributed by atoms with Crippen LogP contribution in [0.25, 0.3) is 0 Å². The highest BCUT2D eigenvalue weighted by Crippen LogP contribution is 2.32. The average Bonchev–Trinajstić information content (AvgIpc) is 2.90. The van der Waals surface area contributed by atoms with Crippen LogP contribution < -0.4 is 5.32 Å². The largest absolute Gasteiger partial charge is 0.374 e. The van der Waals surface area contributed by atoms with Gasteiger partial charge in [0.05, 0.1) is 35.3 Å². The van der Waals surface area contributed by atoms with Crippen LogP contribution >= 0.6 is 34.8 Å². The van der Waals surface area contributed by atoms with E-state index in [-0.39, 0.29) is 28.5 Å². The second-order valence-corrected chi connectivity index (χ2v) is 10.8. The lowest BCUT2D eigenvalue weighted by atomic mass is 9.99.